The molecule has 0 amide bonds. The van der Waals surface area contributed by atoms with E-state index in [0.29, 0.717) is 5.56 Å². The molecule has 1 fully saturated rings. The minimum absolute atomic E-state index is 0.0578. The first-order valence-corrected chi connectivity index (χ1v) is 4.42. The second kappa shape index (κ2) is 3.81. The topological polar surface area (TPSA) is 37.0 Å². The van der Waals surface area contributed by atoms with E-state index >= 15 is 0 Å². The fourth-order valence-electron chi connectivity index (χ4n) is 1.53. The first-order chi connectivity index (χ1) is 6.38. The first kappa shape index (κ1) is 8.59. The quantitative estimate of drug-likeness (QED) is 0.618. The number of piperazine rings is 1. The highest BCUT2D eigenvalue weighted by molar-refractivity contribution is 5.16. The van der Waals surface area contributed by atoms with E-state index in [1.54, 1.807) is 12.1 Å². The molecule has 0 saturated carbocycles. The Hall–Kier alpha value is -1.00. The molecule has 2 heterocycles. The van der Waals surface area contributed by atoms with E-state index in [0.717, 1.165) is 19.6 Å². The molecule has 0 aromatic carbocycles. The Morgan fingerprint density at radius 1 is 1.46 bits per heavy atom. The number of aromatic nitrogens is 1. The van der Waals surface area contributed by atoms with Crippen molar-refractivity contribution < 1.29 is 4.39 Å². The maximum absolute atomic E-state index is 13.2. The molecule has 0 radical (unpaired) electrons. The SMILES string of the molecule is Fc1ncccc1[C@H]1CNCCN1. The van der Waals surface area contributed by atoms with Gasteiger partial charge in [0.1, 0.15) is 0 Å². The first-order valence-electron chi connectivity index (χ1n) is 4.42. The monoisotopic (exact) mass is 181 g/mol. The largest absolute Gasteiger partial charge is 0.314 e. The summed E-state index contributed by atoms with van der Waals surface area (Å²) in [6.07, 6.45) is 1.47. The lowest BCUT2D eigenvalue weighted by atomic mass is 10.1. The summed E-state index contributed by atoms with van der Waals surface area (Å²) in [6, 6.07) is 3.59. The molecular weight excluding hydrogens is 169 g/mol. The molecule has 1 aliphatic rings. The van der Waals surface area contributed by atoms with Gasteiger partial charge in [-0.25, -0.2) is 4.98 Å². The van der Waals surface area contributed by atoms with Crippen LogP contribution in [-0.4, -0.2) is 24.6 Å². The van der Waals surface area contributed by atoms with Gasteiger partial charge < -0.3 is 10.6 Å². The number of halogens is 1. The van der Waals surface area contributed by atoms with Crippen molar-refractivity contribution in [2.24, 2.45) is 0 Å². The van der Waals surface area contributed by atoms with Crippen LogP contribution in [0.25, 0.3) is 0 Å². The summed E-state index contributed by atoms with van der Waals surface area (Å²) in [5, 5.41) is 6.44. The van der Waals surface area contributed by atoms with E-state index in [9.17, 15) is 4.39 Å². The molecule has 0 spiro atoms. The van der Waals surface area contributed by atoms with Crippen LogP contribution in [0.15, 0.2) is 18.3 Å². The summed E-state index contributed by atoms with van der Waals surface area (Å²) in [7, 11) is 0. The highest BCUT2D eigenvalue weighted by Gasteiger charge is 2.17. The molecule has 0 aliphatic carbocycles. The lowest BCUT2D eigenvalue weighted by molar-refractivity contribution is 0.411. The number of hydrogen-bond donors (Lipinski definition) is 2. The molecular formula is C9H12FN3. The van der Waals surface area contributed by atoms with Crippen molar-refractivity contribution in [1.82, 2.24) is 15.6 Å². The standard InChI is InChI=1S/C9H12FN3/c10-9-7(2-1-3-13-9)8-6-11-4-5-12-8/h1-3,8,11-12H,4-6H2/t8-/m1/s1. The predicted molar refractivity (Wildman–Crippen MR) is 47.8 cm³/mol. The van der Waals surface area contributed by atoms with E-state index in [4.69, 9.17) is 0 Å². The van der Waals surface area contributed by atoms with Crippen LogP contribution >= 0.6 is 0 Å². The van der Waals surface area contributed by atoms with Gasteiger partial charge in [-0.05, 0) is 6.07 Å². The molecule has 1 aliphatic heterocycles. The Kier molecular flexibility index (Phi) is 2.52. The maximum atomic E-state index is 13.2. The van der Waals surface area contributed by atoms with Crippen molar-refractivity contribution in [2.75, 3.05) is 19.6 Å². The summed E-state index contributed by atoms with van der Waals surface area (Å²) in [5.74, 6) is -0.372. The molecule has 3 nitrogen and oxygen atoms in total. The summed E-state index contributed by atoms with van der Waals surface area (Å²) in [6.45, 7) is 2.58. The minimum Gasteiger partial charge on any atom is -0.314 e. The highest BCUT2D eigenvalue weighted by atomic mass is 19.1. The van der Waals surface area contributed by atoms with Crippen LogP contribution in [0.3, 0.4) is 0 Å². The van der Waals surface area contributed by atoms with E-state index in [2.05, 4.69) is 15.6 Å². The summed E-state index contributed by atoms with van der Waals surface area (Å²) in [5.41, 5.74) is 0.648. The van der Waals surface area contributed by atoms with Crippen LogP contribution in [0, 0.1) is 5.95 Å². The van der Waals surface area contributed by atoms with Gasteiger partial charge in [-0.2, -0.15) is 4.39 Å². The zero-order chi connectivity index (χ0) is 9.10. The van der Waals surface area contributed by atoms with Gasteiger partial charge in [0.05, 0.1) is 0 Å². The van der Waals surface area contributed by atoms with Gasteiger partial charge in [0.15, 0.2) is 0 Å². The number of nitrogens with one attached hydrogen (secondary N) is 2. The van der Waals surface area contributed by atoms with Gasteiger partial charge >= 0.3 is 0 Å². The zero-order valence-corrected chi connectivity index (χ0v) is 7.26. The number of hydrogen-bond acceptors (Lipinski definition) is 3. The van der Waals surface area contributed by atoms with Crippen LogP contribution in [0.4, 0.5) is 4.39 Å². The number of rotatable bonds is 1. The van der Waals surface area contributed by atoms with Gasteiger partial charge in [-0.1, -0.05) is 6.07 Å². The molecule has 13 heavy (non-hydrogen) atoms. The van der Waals surface area contributed by atoms with Gasteiger partial charge in [-0.15, -0.1) is 0 Å². The lowest BCUT2D eigenvalue weighted by Crippen LogP contribution is -2.43. The van der Waals surface area contributed by atoms with Gasteiger partial charge in [-0.3, -0.25) is 0 Å². The fraction of sp³-hybridized carbons (Fsp3) is 0.444. The Balaban J connectivity index is 2.18. The molecule has 4 heteroatoms. The number of pyridine rings is 1. The molecule has 1 aromatic rings. The molecule has 0 unspecified atom stereocenters. The van der Waals surface area contributed by atoms with E-state index in [-0.39, 0.29) is 12.0 Å². The Morgan fingerprint density at radius 3 is 3.08 bits per heavy atom. The molecule has 1 saturated heterocycles. The third-order valence-corrected chi connectivity index (χ3v) is 2.20. The molecule has 1 aromatic heterocycles. The Bertz CT molecular complexity index is 284. The Labute approximate surface area is 76.4 Å². The zero-order valence-electron chi connectivity index (χ0n) is 7.26. The van der Waals surface area contributed by atoms with Crippen molar-refractivity contribution in [2.45, 2.75) is 6.04 Å². The average molecular weight is 181 g/mol. The van der Waals surface area contributed by atoms with E-state index in [1.807, 2.05) is 0 Å². The van der Waals surface area contributed by atoms with E-state index in [1.165, 1.54) is 6.20 Å². The summed E-state index contributed by atoms with van der Waals surface area (Å²) >= 11 is 0. The van der Waals surface area contributed by atoms with E-state index < -0.39 is 0 Å². The van der Waals surface area contributed by atoms with Crippen LogP contribution in [0.2, 0.25) is 0 Å². The third kappa shape index (κ3) is 1.84. The van der Waals surface area contributed by atoms with Crippen LogP contribution in [0.5, 0.6) is 0 Å². The normalized spacial score (nSPS) is 23.0. The molecule has 2 N–H and O–H groups in total. The van der Waals surface area contributed by atoms with Crippen LogP contribution in [0.1, 0.15) is 11.6 Å². The third-order valence-electron chi connectivity index (χ3n) is 2.20. The molecule has 1 atom stereocenters. The van der Waals surface area contributed by atoms with Crippen molar-refractivity contribution in [1.29, 1.82) is 0 Å². The van der Waals surface area contributed by atoms with Gasteiger partial charge in [0, 0.05) is 37.4 Å². The summed E-state index contributed by atoms with van der Waals surface area (Å²) < 4.78 is 13.2. The van der Waals surface area contributed by atoms with Gasteiger partial charge in [0.2, 0.25) is 5.95 Å². The molecule has 2 rings (SSSR count). The highest BCUT2D eigenvalue weighted by Crippen LogP contribution is 2.14. The van der Waals surface area contributed by atoms with Crippen molar-refractivity contribution in [3.05, 3.63) is 29.8 Å². The van der Waals surface area contributed by atoms with Crippen molar-refractivity contribution >= 4 is 0 Å². The van der Waals surface area contributed by atoms with Crippen LogP contribution < -0.4 is 10.6 Å². The average Bonchev–Trinajstić information content (AvgIpc) is 2.20. The Morgan fingerprint density at radius 2 is 2.38 bits per heavy atom. The van der Waals surface area contributed by atoms with Gasteiger partial charge in [0.25, 0.3) is 0 Å². The lowest BCUT2D eigenvalue weighted by Gasteiger charge is -2.24. The maximum Gasteiger partial charge on any atom is 0.217 e. The molecule has 0 bridgehead atoms. The second-order valence-electron chi connectivity index (χ2n) is 3.09. The smallest absolute Gasteiger partial charge is 0.217 e. The number of nitrogens with zero attached hydrogens (tertiary/aromatic N) is 1. The van der Waals surface area contributed by atoms with Crippen LogP contribution in [-0.2, 0) is 0 Å². The fourth-order valence-corrected chi connectivity index (χ4v) is 1.53. The molecule has 70 valence electrons. The predicted octanol–water partition coefficient (Wildman–Crippen LogP) is 0.455. The van der Waals surface area contributed by atoms with Crippen molar-refractivity contribution in [3.8, 4) is 0 Å². The summed E-state index contributed by atoms with van der Waals surface area (Å²) in [4.78, 5) is 3.62. The van der Waals surface area contributed by atoms with Crippen molar-refractivity contribution in [3.63, 3.8) is 0 Å². The minimum atomic E-state index is -0.372. The second-order valence-corrected chi connectivity index (χ2v) is 3.09.